The molecule has 148 valence electrons. The van der Waals surface area contributed by atoms with Gasteiger partial charge in [0.1, 0.15) is 6.10 Å². The minimum absolute atomic E-state index is 0.0485. The van der Waals surface area contributed by atoms with Crippen molar-refractivity contribution in [1.29, 1.82) is 0 Å². The zero-order valence-corrected chi connectivity index (χ0v) is 17.1. The van der Waals surface area contributed by atoms with Crippen LogP contribution in [-0.2, 0) is 4.74 Å². The fourth-order valence-corrected chi connectivity index (χ4v) is 3.25. The molecule has 0 saturated heterocycles. The number of carbonyl (C=O) groups is 1. The Morgan fingerprint density at radius 3 is 2.19 bits per heavy atom. The molecule has 0 bridgehead atoms. The van der Waals surface area contributed by atoms with Gasteiger partial charge in [0.25, 0.3) is 0 Å². The maximum Gasteiger partial charge on any atom is 0.341 e. The predicted molar refractivity (Wildman–Crippen MR) is 107 cm³/mol. The van der Waals surface area contributed by atoms with Gasteiger partial charge >= 0.3 is 5.97 Å². The number of rotatable bonds is 14. The van der Waals surface area contributed by atoms with Gasteiger partial charge in [-0.2, -0.15) is 0 Å². The maximum absolute atomic E-state index is 14.0. The molecular weight excluding hydrogens is 351 g/mol. The summed E-state index contributed by atoms with van der Waals surface area (Å²) in [6.45, 7) is 4.35. The van der Waals surface area contributed by atoms with Crippen LogP contribution in [0.5, 0.6) is 0 Å². The summed E-state index contributed by atoms with van der Waals surface area (Å²) in [5, 5.41) is -0.0485. The number of ether oxygens (including phenoxy) is 1. The highest BCUT2D eigenvalue weighted by atomic mass is 35.5. The van der Waals surface area contributed by atoms with Crippen molar-refractivity contribution >= 4 is 17.6 Å². The smallest absolute Gasteiger partial charge is 0.341 e. The number of benzene rings is 1. The molecule has 0 N–H and O–H groups in total. The Bertz CT molecular complexity index is 519. The van der Waals surface area contributed by atoms with E-state index in [0.29, 0.717) is 0 Å². The van der Waals surface area contributed by atoms with Crippen LogP contribution in [0.1, 0.15) is 101 Å². The number of hydrogen-bond acceptors (Lipinski definition) is 2. The molecule has 0 aliphatic rings. The van der Waals surface area contributed by atoms with Gasteiger partial charge < -0.3 is 4.74 Å². The van der Waals surface area contributed by atoms with Gasteiger partial charge in [0.05, 0.1) is 10.6 Å². The highest BCUT2D eigenvalue weighted by molar-refractivity contribution is 6.31. The van der Waals surface area contributed by atoms with Crippen molar-refractivity contribution in [2.75, 3.05) is 0 Å². The van der Waals surface area contributed by atoms with E-state index in [0.717, 1.165) is 38.5 Å². The molecule has 1 rings (SSSR count). The molecule has 1 aromatic carbocycles. The van der Waals surface area contributed by atoms with Crippen LogP contribution in [0, 0.1) is 5.82 Å². The molecule has 0 fully saturated rings. The first kappa shape index (κ1) is 23.0. The summed E-state index contributed by atoms with van der Waals surface area (Å²) in [5.74, 6) is -1.30. The molecule has 1 atom stereocenters. The van der Waals surface area contributed by atoms with Crippen molar-refractivity contribution in [3.8, 4) is 0 Å². The minimum atomic E-state index is -0.694. The van der Waals surface area contributed by atoms with Crippen molar-refractivity contribution in [2.45, 2.75) is 97.0 Å². The average molecular weight is 385 g/mol. The largest absolute Gasteiger partial charge is 0.459 e. The van der Waals surface area contributed by atoms with E-state index in [1.54, 1.807) is 6.07 Å². The second-order valence-electron chi connectivity index (χ2n) is 7.03. The molecule has 4 heteroatoms. The van der Waals surface area contributed by atoms with Gasteiger partial charge in [-0.05, 0) is 31.4 Å². The first-order valence-corrected chi connectivity index (χ1v) is 10.6. The topological polar surface area (TPSA) is 26.3 Å². The minimum Gasteiger partial charge on any atom is -0.459 e. The number of unbranched alkanes of at least 4 members (excludes halogenated alkanes) is 8. The van der Waals surface area contributed by atoms with E-state index in [2.05, 4.69) is 13.8 Å². The van der Waals surface area contributed by atoms with Crippen LogP contribution in [0.25, 0.3) is 0 Å². The second-order valence-corrected chi connectivity index (χ2v) is 7.44. The van der Waals surface area contributed by atoms with Crippen LogP contribution >= 0.6 is 11.6 Å². The highest BCUT2D eigenvalue weighted by Gasteiger charge is 2.19. The van der Waals surface area contributed by atoms with E-state index in [9.17, 15) is 9.18 Å². The molecule has 0 spiro atoms. The van der Waals surface area contributed by atoms with Crippen molar-refractivity contribution in [1.82, 2.24) is 0 Å². The van der Waals surface area contributed by atoms with Gasteiger partial charge in [0.2, 0.25) is 0 Å². The van der Waals surface area contributed by atoms with Crippen LogP contribution < -0.4 is 0 Å². The van der Waals surface area contributed by atoms with Crippen LogP contribution in [0.15, 0.2) is 18.2 Å². The summed E-state index contributed by atoms with van der Waals surface area (Å²) < 4.78 is 19.6. The first-order valence-electron chi connectivity index (χ1n) is 10.2. The number of esters is 1. The van der Waals surface area contributed by atoms with Crippen LogP contribution in [-0.4, -0.2) is 12.1 Å². The molecule has 0 amide bonds. The Morgan fingerprint density at radius 2 is 1.54 bits per heavy atom. The Kier molecular flexibility index (Phi) is 12.4. The predicted octanol–water partition coefficient (Wildman–Crippen LogP) is 7.73. The number of carbonyl (C=O) groups excluding carboxylic acids is 1. The van der Waals surface area contributed by atoms with Gasteiger partial charge in [-0.1, -0.05) is 89.3 Å². The fourth-order valence-electron chi connectivity index (χ4n) is 3.08. The Labute approximate surface area is 163 Å². The van der Waals surface area contributed by atoms with E-state index in [-0.39, 0.29) is 16.7 Å². The highest BCUT2D eigenvalue weighted by Crippen LogP contribution is 2.21. The molecule has 2 nitrogen and oxygen atoms in total. The zero-order chi connectivity index (χ0) is 19.2. The molecule has 1 aromatic rings. The van der Waals surface area contributed by atoms with Crippen LogP contribution in [0.2, 0.25) is 5.02 Å². The van der Waals surface area contributed by atoms with Gasteiger partial charge in [0, 0.05) is 0 Å². The molecule has 0 aromatic heterocycles. The summed E-state index contributed by atoms with van der Waals surface area (Å²) in [4.78, 5) is 12.3. The fraction of sp³-hybridized carbons (Fsp3) is 0.682. The summed E-state index contributed by atoms with van der Waals surface area (Å²) in [6.07, 6.45) is 13.6. The van der Waals surface area contributed by atoms with Crippen molar-refractivity contribution in [2.24, 2.45) is 0 Å². The van der Waals surface area contributed by atoms with Crippen molar-refractivity contribution in [3.05, 3.63) is 34.6 Å². The Balaban J connectivity index is 2.40. The van der Waals surface area contributed by atoms with Gasteiger partial charge in [-0.3, -0.25) is 0 Å². The molecule has 0 saturated carbocycles. The second kappa shape index (κ2) is 14.0. The molecular formula is C22H34ClFO2. The zero-order valence-electron chi connectivity index (χ0n) is 16.4. The molecule has 1 unspecified atom stereocenters. The number of hydrogen-bond donors (Lipinski definition) is 0. The quantitative estimate of drug-likeness (QED) is 0.242. The molecule has 26 heavy (non-hydrogen) atoms. The standard InChI is InChI=1S/C22H34ClFO2/c1-3-5-7-8-9-10-11-12-15-18(14-6-4-2)26-22(25)19-16-13-17-20(23)21(19)24/h13,16-18H,3-12,14-15H2,1-2H3. The summed E-state index contributed by atoms with van der Waals surface area (Å²) in [7, 11) is 0. The van der Waals surface area contributed by atoms with Gasteiger partial charge in [0.15, 0.2) is 5.82 Å². The summed E-state index contributed by atoms with van der Waals surface area (Å²) in [6, 6.07) is 4.43. The Morgan fingerprint density at radius 1 is 0.962 bits per heavy atom. The lowest BCUT2D eigenvalue weighted by Gasteiger charge is -2.18. The Hall–Kier alpha value is -1.09. The molecule has 0 aliphatic heterocycles. The monoisotopic (exact) mass is 384 g/mol. The first-order chi connectivity index (χ1) is 12.6. The van der Waals surface area contributed by atoms with Gasteiger partial charge in [-0.25, -0.2) is 9.18 Å². The van der Waals surface area contributed by atoms with E-state index >= 15 is 0 Å². The van der Waals surface area contributed by atoms with Crippen molar-refractivity contribution < 1.29 is 13.9 Å². The third kappa shape index (κ3) is 9.02. The lowest BCUT2D eigenvalue weighted by Crippen LogP contribution is -2.19. The van der Waals surface area contributed by atoms with E-state index < -0.39 is 11.8 Å². The van der Waals surface area contributed by atoms with Crippen molar-refractivity contribution in [3.63, 3.8) is 0 Å². The lowest BCUT2D eigenvalue weighted by molar-refractivity contribution is 0.0245. The number of halogens is 2. The van der Waals surface area contributed by atoms with Crippen LogP contribution in [0.3, 0.4) is 0 Å². The van der Waals surface area contributed by atoms with E-state index in [1.807, 2.05) is 0 Å². The lowest BCUT2D eigenvalue weighted by atomic mass is 10.0. The molecule has 0 radical (unpaired) electrons. The SMILES string of the molecule is CCCCCCCCCCC(CCCC)OC(=O)c1cccc(Cl)c1F. The third-order valence-electron chi connectivity index (χ3n) is 4.70. The third-order valence-corrected chi connectivity index (χ3v) is 5.00. The molecule has 0 heterocycles. The van der Waals surface area contributed by atoms with E-state index in [1.165, 1.54) is 50.7 Å². The normalized spacial score (nSPS) is 12.2. The average Bonchev–Trinajstić information content (AvgIpc) is 2.63. The summed E-state index contributed by atoms with van der Waals surface area (Å²) in [5.41, 5.74) is -0.0741. The van der Waals surface area contributed by atoms with Crippen LogP contribution in [0.4, 0.5) is 4.39 Å². The van der Waals surface area contributed by atoms with Gasteiger partial charge in [-0.15, -0.1) is 0 Å². The molecule has 0 aliphatic carbocycles. The van der Waals surface area contributed by atoms with E-state index in [4.69, 9.17) is 16.3 Å². The maximum atomic E-state index is 14.0. The summed E-state index contributed by atoms with van der Waals surface area (Å²) >= 11 is 5.76.